The Bertz CT molecular complexity index is 798. The summed E-state index contributed by atoms with van der Waals surface area (Å²) in [5.41, 5.74) is 8.04. The maximum atomic E-state index is 12.5. The molecule has 1 aliphatic heterocycles. The number of ketones is 1. The molecule has 7 nitrogen and oxygen atoms in total. The van der Waals surface area contributed by atoms with Crippen molar-refractivity contribution < 1.29 is 19.4 Å². The molecule has 3 heterocycles. The van der Waals surface area contributed by atoms with Crippen LogP contribution < -0.4 is 10.6 Å². The van der Waals surface area contributed by atoms with Gasteiger partial charge in [0.15, 0.2) is 6.29 Å². The van der Waals surface area contributed by atoms with Crippen molar-refractivity contribution in [2.75, 3.05) is 38.3 Å². The average Bonchev–Trinajstić information content (AvgIpc) is 3.23. The van der Waals surface area contributed by atoms with Crippen molar-refractivity contribution in [3.63, 3.8) is 0 Å². The van der Waals surface area contributed by atoms with Crippen molar-refractivity contribution in [1.29, 1.82) is 0 Å². The number of thiophene rings is 1. The first-order chi connectivity index (χ1) is 13.4. The van der Waals surface area contributed by atoms with E-state index >= 15 is 0 Å². The van der Waals surface area contributed by atoms with Crippen LogP contribution in [0.15, 0.2) is 33.6 Å². The quantitative estimate of drug-likeness (QED) is 0.451. The summed E-state index contributed by atoms with van der Waals surface area (Å²) < 4.78 is 10.9. The van der Waals surface area contributed by atoms with Crippen LogP contribution in [0.2, 0.25) is 0 Å². The zero-order valence-electron chi connectivity index (χ0n) is 15.6. The van der Waals surface area contributed by atoms with Gasteiger partial charge in [-0.15, -0.1) is 0 Å². The molecular weight excluding hydrogens is 446 g/mol. The Morgan fingerprint density at radius 2 is 2.21 bits per heavy atom. The van der Waals surface area contributed by atoms with Crippen LogP contribution in [0.1, 0.15) is 24.1 Å². The van der Waals surface area contributed by atoms with Crippen LogP contribution in [0, 0.1) is 0 Å². The highest BCUT2D eigenvalue weighted by atomic mass is 79.9. The van der Waals surface area contributed by atoms with Crippen molar-refractivity contribution in [3.05, 3.63) is 44.8 Å². The van der Waals surface area contributed by atoms with E-state index in [9.17, 15) is 9.90 Å². The fourth-order valence-corrected chi connectivity index (χ4v) is 4.55. The summed E-state index contributed by atoms with van der Waals surface area (Å²) in [4.78, 5) is 19.4. The van der Waals surface area contributed by atoms with Crippen molar-refractivity contribution in [1.82, 2.24) is 4.98 Å². The van der Waals surface area contributed by atoms with Gasteiger partial charge >= 0.3 is 0 Å². The third-order valence-corrected chi connectivity index (χ3v) is 6.09. The Hall–Kier alpha value is -1.36. The Morgan fingerprint density at radius 3 is 2.82 bits per heavy atom. The minimum Gasteiger partial charge on any atom is -0.378 e. The molecule has 1 saturated heterocycles. The minimum atomic E-state index is -1.14. The normalized spacial score (nSPS) is 17.9. The summed E-state index contributed by atoms with van der Waals surface area (Å²) in [7, 11) is 1.36. The summed E-state index contributed by atoms with van der Waals surface area (Å²) >= 11 is 5.07. The first-order valence-corrected chi connectivity index (χ1v) is 10.7. The number of morpholine rings is 1. The van der Waals surface area contributed by atoms with E-state index in [-0.39, 0.29) is 18.6 Å². The maximum Gasteiger partial charge on any atom is 0.161 e. The van der Waals surface area contributed by atoms with E-state index in [1.165, 1.54) is 18.4 Å². The first-order valence-electron chi connectivity index (χ1n) is 8.98. The number of hydrogen-bond donors (Lipinski definition) is 2. The average molecular weight is 470 g/mol. The van der Waals surface area contributed by atoms with Crippen LogP contribution in [0.5, 0.6) is 0 Å². The number of aromatic nitrogens is 1. The van der Waals surface area contributed by atoms with Crippen molar-refractivity contribution in [2.24, 2.45) is 5.73 Å². The fraction of sp³-hybridized carbons (Fsp3) is 0.474. The van der Waals surface area contributed by atoms with Gasteiger partial charge in [0.25, 0.3) is 0 Å². The molecule has 2 aromatic heterocycles. The number of anilines is 1. The summed E-state index contributed by atoms with van der Waals surface area (Å²) in [5, 5.41) is 13.5. The first kappa shape index (κ1) is 21.4. The molecule has 2 aromatic rings. The van der Waals surface area contributed by atoms with Crippen LogP contribution in [0.3, 0.4) is 0 Å². The Labute approximate surface area is 176 Å². The molecule has 0 aromatic carbocycles. The number of methoxy groups -OCH3 is 1. The second-order valence-corrected chi connectivity index (χ2v) is 8.23. The van der Waals surface area contributed by atoms with Crippen LogP contribution >= 0.6 is 27.3 Å². The van der Waals surface area contributed by atoms with E-state index in [0.717, 1.165) is 24.3 Å². The Morgan fingerprint density at radius 1 is 1.46 bits per heavy atom. The lowest BCUT2D eigenvalue weighted by molar-refractivity contribution is -0.132. The summed E-state index contributed by atoms with van der Waals surface area (Å²) in [5.74, 6) is -0.196. The highest BCUT2D eigenvalue weighted by Gasteiger charge is 2.35. The van der Waals surface area contributed by atoms with E-state index in [2.05, 4.69) is 20.8 Å². The highest BCUT2D eigenvalue weighted by molar-refractivity contribution is 9.10. The zero-order chi connectivity index (χ0) is 20.1. The second kappa shape index (κ2) is 9.43. The topological polar surface area (TPSA) is 97.9 Å². The summed E-state index contributed by atoms with van der Waals surface area (Å²) in [6.07, 6.45) is -1.24. The molecule has 0 radical (unpaired) electrons. The number of carbonyl (C=O) groups excluding carboxylic acids is 1. The molecule has 2 unspecified atom stereocenters. The lowest BCUT2D eigenvalue weighted by atomic mass is 9.83. The molecule has 0 saturated carbocycles. The van der Waals surface area contributed by atoms with E-state index < -0.39 is 11.8 Å². The number of Topliss-reactive ketones (excluding diaryl/α,β-unsaturated/α-hetero) is 1. The molecule has 1 fully saturated rings. The lowest BCUT2D eigenvalue weighted by Gasteiger charge is -2.32. The van der Waals surface area contributed by atoms with Gasteiger partial charge in [0.05, 0.1) is 36.6 Å². The highest BCUT2D eigenvalue weighted by Crippen LogP contribution is 2.35. The van der Waals surface area contributed by atoms with Gasteiger partial charge in [0.1, 0.15) is 10.4 Å². The van der Waals surface area contributed by atoms with Gasteiger partial charge in [-0.05, 0) is 50.5 Å². The molecule has 0 bridgehead atoms. The third kappa shape index (κ3) is 4.79. The van der Waals surface area contributed by atoms with Crippen molar-refractivity contribution in [3.8, 4) is 0 Å². The molecular formula is C19H24BrN3O4S. The van der Waals surface area contributed by atoms with E-state index in [1.807, 2.05) is 29.0 Å². The van der Waals surface area contributed by atoms with Gasteiger partial charge in [-0.3, -0.25) is 4.79 Å². The zero-order valence-corrected chi connectivity index (χ0v) is 18.0. The Kier molecular flexibility index (Phi) is 7.19. The standard InChI is InChI=1S/C19H24BrN3O4S/c1-26-17(25)10-14(24)11-19(21,13-4-9-28-12-13)16-3-2-15(18(20)22-16)23-5-7-27-8-6-23/h2-4,9,12,17,25H,5-8,10-11,21H2,1H3. The number of hydrogen-bond acceptors (Lipinski definition) is 8. The molecule has 3 N–H and O–H groups in total. The molecule has 0 amide bonds. The van der Waals surface area contributed by atoms with E-state index in [0.29, 0.717) is 23.5 Å². The van der Waals surface area contributed by atoms with Gasteiger partial charge in [-0.1, -0.05) is 0 Å². The monoisotopic (exact) mass is 469 g/mol. The van der Waals surface area contributed by atoms with Crippen LogP contribution in [0.25, 0.3) is 0 Å². The molecule has 3 rings (SSSR count). The minimum absolute atomic E-state index is 0.0144. The van der Waals surface area contributed by atoms with E-state index in [4.69, 9.17) is 20.2 Å². The fourth-order valence-electron chi connectivity index (χ4n) is 3.24. The number of rotatable bonds is 8. The van der Waals surface area contributed by atoms with Crippen molar-refractivity contribution >= 4 is 38.7 Å². The smallest absolute Gasteiger partial charge is 0.161 e. The predicted molar refractivity (Wildman–Crippen MR) is 112 cm³/mol. The van der Waals surface area contributed by atoms with Crippen LogP contribution in [-0.2, 0) is 19.8 Å². The van der Waals surface area contributed by atoms with Gasteiger partial charge in [0, 0.05) is 26.6 Å². The predicted octanol–water partition coefficient (Wildman–Crippen LogP) is 2.26. The Balaban J connectivity index is 1.90. The van der Waals surface area contributed by atoms with Crippen molar-refractivity contribution in [2.45, 2.75) is 24.7 Å². The molecule has 0 aliphatic carbocycles. The van der Waals surface area contributed by atoms with Crippen LogP contribution in [0.4, 0.5) is 5.69 Å². The summed E-state index contributed by atoms with van der Waals surface area (Å²) in [6, 6.07) is 5.74. The number of aliphatic hydroxyl groups excluding tert-OH is 1. The molecule has 0 spiro atoms. The number of pyridine rings is 1. The molecule has 1 aliphatic rings. The second-order valence-electron chi connectivity index (χ2n) is 6.70. The molecule has 9 heteroatoms. The maximum absolute atomic E-state index is 12.5. The lowest BCUT2D eigenvalue weighted by Crippen LogP contribution is -2.41. The third-order valence-electron chi connectivity index (χ3n) is 4.82. The molecule has 152 valence electrons. The number of aliphatic hydroxyl groups is 1. The number of carbonyl (C=O) groups is 1. The van der Waals surface area contributed by atoms with Gasteiger partial charge in [0.2, 0.25) is 0 Å². The number of nitrogens with two attached hydrogens (primary N) is 1. The van der Waals surface area contributed by atoms with Gasteiger partial charge in [-0.25, -0.2) is 4.98 Å². The van der Waals surface area contributed by atoms with Gasteiger partial charge in [-0.2, -0.15) is 11.3 Å². The van der Waals surface area contributed by atoms with Crippen LogP contribution in [-0.4, -0.2) is 55.6 Å². The molecule has 2 atom stereocenters. The van der Waals surface area contributed by atoms with E-state index in [1.54, 1.807) is 0 Å². The van der Waals surface area contributed by atoms with Gasteiger partial charge < -0.3 is 25.2 Å². The molecule has 28 heavy (non-hydrogen) atoms. The SMILES string of the molecule is COC(O)CC(=O)CC(N)(c1ccsc1)c1ccc(N2CCOCC2)c(Br)n1. The number of halogens is 1. The largest absolute Gasteiger partial charge is 0.378 e. The number of ether oxygens (including phenoxy) is 2. The number of nitrogens with zero attached hydrogens (tertiary/aromatic N) is 2. The summed E-state index contributed by atoms with van der Waals surface area (Å²) in [6.45, 7) is 2.96.